The van der Waals surface area contributed by atoms with Crippen molar-refractivity contribution in [1.82, 2.24) is 4.98 Å². The fourth-order valence-corrected chi connectivity index (χ4v) is 6.09. The average molecular weight is 544 g/mol. The maximum absolute atomic E-state index is 12.5. The zero-order valence-electron chi connectivity index (χ0n) is 21.4. The fraction of sp³-hybridized carbons (Fsp3) is 0.258. The molecular weight excluding hydrogens is 512 g/mol. The van der Waals surface area contributed by atoms with Crippen molar-refractivity contribution >= 4 is 22.9 Å². The lowest BCUT2D eigenvalue weighted by atomic mass is 9.88. The van der Waals surface area contributed by atoms with Crippen LogP contribution >= 0.6 is 0 Å². The summed E-state index contributed by atoms with van der Waals surface area (Å²) in [6.45, 7) is 0.804. The molecule has 0 amide bonds. The van der Waals surface area contributed by atoms with Gasteiger partial charge in [-0.3, -0.25) is 13.3 Å². The van der Waals surface area contributed by atoms with E-state index >= 15 is 0 Å². The highest BCUT2D eigenvalue weighted by molar-refractivity contribution is 7.80. The molecule has 1 aromatic heterocycles. The molecule has 1 aliphatic heterocycles. The van der Waals surface area contributed by atoms with Crippen molar-refractivity contribution in [3.05, 3.63) is 114 Å². The minimum atomic E-state index is -2.70. The van der Waals surface area contributed by atoms with Gasteiger partial charge in [-0.15, -0.1) is 0 Å². The van der Waals surface area contributed by atoms with Gasteiger partial charge in [-0.1, -0.05) is 66.7 Å². The molecule has 0 aliphatic carbocycles. The van der Waals surface area contributed by atoms with E-state index in [1.54, 1.807) is 42.5 Å². The quantitative estimate of drug-likeness (QED) is 0.219. The molecule has 1 fully saturated rings. The first-order chi connectivity index (χ1) is 19.0. The summed E-state index contributed by atoms with van der Waals surface area (Å²) in [6.07, 6.45) is 4.80. The summed E-state index contributed by atoms with van der Waals surface area (Å²) in [4.78, 5) is 15.1. The highest BCUT2D eigenvalue weighted by Crippen LogP contribution is 2.36. The first kappa shape index (κ1) is 26.9. The van der Waals surface area contributed by atoms with Crippen LogP contribution < -0.4 is 4.31 Å². The van der Waals surface area contributed by atoms with E-state index in [4.69, 9.17) is 4.74 Å². The number of hydrogen-bond acceptors (Lipinski definition) is 4. The zero-order valence-corrected chi connectivity index (χ0v) is 22.3. The van der Waals surface area contributed by atoms with Crippen molar-refractivity contribution in [3.63, 3.8) is 0 Å². The molecule has 2 heterocycles. The summed E-state index contributed by atoms with van der Waals surface area (Å²) in [5, 5.41) is 9.58. The topological polar surface area (TPSA) is 106 Å². The Morgan fingerprint density at radius 3 is 2.41 bits per heavy atom. The number of aromatic amines is 1. The van der Waals surface area contributed by atoms with Crippen LogP contribution in [0.25, 0.3) is 11.1 Å². The van der Waals surface area contributed by atoms with Gasteiger partial charge in [0.1, 0.15) is 0 Å². The molecule has 39 heavy (non-hydrogen) atoms. The summed E-state index contributed by atoms with van der Waals surface area (Å²) in [6, 6.07) is 27.6. The number of nitrogens with zero attached hydrogens (tertiary/aromatic N) is 1. The second kappa shape index (κ2) is 12.4. The molecule has 202 valence electrons. The molecule has 7 nitrogen and oxygen atoms in total. The SMILES string of the molecule is O=C(O)CC(c1ccccc1)N(c1cccc(-c2cccc(C(CC3CCCO3)c3ccc[nH]3)c2)c1)S(=O)[O-]. The molecule has 4 atom stereocenters. The Kier molecular flexibility index (Phi) is 8.56. The lowest BCUT2D eigenvalue weighted by Gasteiger charge is -2.34. The number of anilines is 1. The number of carbonyl (C=O) groups is 1. The number of benzene rings is 3. The van der Waals surface area contributed by atoms with Crippen LogP contribution in [0.4, 0.5) is 5.69 Å². The lowest BCUT2D eigenvalue weighted by Crippen LogP contribution is -2.32. The molecular formula is C31H31N2O5S-. The Labute approximate surface area is 230 Å². The third-order valence-electron chi connectivity index (χ3n) is 7.24. The Hall–Kier alpha value is -3.72. The van der Waals surface area contributed by atoms with Crippen molar-refractivity contribution < 1.29 is 23.4 Å². The van der Waals surface area contributed by atoms with Crippen LogP contribution in [0.3, 0.4) is 0 Å². The van der Waals surface area contributed by atoms with Gasteiger partial charge in [0.05, 0.1) is 18.6 Å². The van der Waals surface area contributed by atoms with Gasteiger partial charge in [-0.25, -0.2) is 0 Å². The molecule has 0 spiro atoms. The first-order valence-electron chi connectivity index (χ1n) is 13.1. The van der Waals surface area contributed by atoms with E-state index < -0.39 is 23.3 Å². The Bertz CT molecular complexity index is 1400. The van der Waals surface area contributed by atoms with Gasteiger partial charge >= 0.3 is 5.97 Å². The highest BCUT2D eigenvalue weighted by atomic mass is 32.2. The van der Waals surface area contributed by atoms with E-state index in [0.29, 0.717) is 11.3 Å². The van der Waals surface area contributed by atoms with Crippen LogP contribution in [-0.4, -0.2) is 37.5 Å². The molecule has 8 heteroatoms. The number of rotatable bonds is 11. The molecule has 0 radical (unpaired) electrons. The minimum absolute atomic E-state index is 0.134. The summed E-state index contributed by atoms with van der Waals surface area (Å²) >= 11 is -2.70. The van der Waals surface area contributed by atoms with Crippen molar-refractivity contribution in [2.45, 2.75) is 43.7 Å². The molecule has 1 saturated heterocycles. The maximum atomic E-state index is 12.5. The lowest BCUT2D eigenvalue weighted by molar-refractivity contribution is -0.137. The Morgan fingerprint density at radius 1 is 1.00 bits per heavy atom. The third kappa shape index (κ3) is 6.47. The van der Waals surface area contributed by atoms with E-state index in [1.165, 1.54) is 0 Å². The van der Waals surface area contributed by atoms with E-state index in [-0.39, 0.29) is 18.4 Å². The molecule has 4 aromatic rings. The highest BCUT2D eigenvalue weighted by Gasteiger charge is 2.26. The number of hydrogen-bond donors (Lipinski definition) is 2. The number of carboxylic acid groups (broad SMARTS) is 1. The van der Waals surface area contributed by atoms with E-state index in [0.717, 1.165) is 52.6 Å². The minimum Gasteiger partial charge on any atom is -0.755 e. The molecule has 0 bridgehead atoms. The van der Waals surface area contributed by atoms with Crippen molar-refractivity contribution in [2.24, 2.45) is 0 Å². The standard InChI is InChI=1S/C31H32N2O5S/c34-31(35)21-30(22-8-2-1-3-9-22)33(39(36)37)26-13-5-11-24(19-26)23-10-4-12-25(18-23)28(29-15-6-16-32-29)20-27-14-7-17-38-27/h1-6,8-13,15-16,18-19,27-28,30,32H,7,14,17,20-21H2,(H,34,35)(H,36,37)/p-1. The van der Waals surface area contributed by atoms with Gasteiger partial charge in [-0.05, 0) is 65.8 Å². The normalized spacial score (nSPS) is 17.4. The second-order valence-electron chi connectivity index (χ2n) is 9.79. The molecule has 2 N–H and O–H groups in total. The Morgan fingerprint density at radius 2 is 1.74 bits per heavy atom. The number of nitrogens with one attached hydrogen (secondary N) is 1. The predicted molar refractivity (Wildman–Crippen MR) is 151 cm³/mol. The smallest absolute Gasteiger partial charge is 0.305 e. The van der Waals surface area contributed by atoms with Gasteiger partial charge < -0.3 is 19.4 Å². The monoisotopic (exact) mass is 543 g/mol. The van der Waals surface area contributed by atoms with Crippen LogP contribution in [0, 0.1) is 0 Å². The van der Waals surface area contributed by atoms with Crippen molar-refractivity contribution in [1.29, 1.82) is 0 Å². The predicted octanol–water partition coefficient (Wildman–Crippen LogP) is 6.20. The zero-order chi connectivity index (χ0) is 27.2. The largest absolute Gasteiger partial charge is 0.755 e. The number of ether oxygens (including phenoxy) is 1. The molecule has 1 aliphatic rings. The maximum Gasteiger partial charge on any atom is 0.305 e. The van der Waals surface area contributed by atoms with Gasteiger partial charge in [-0.2, -0.15) is 0 Å². The molecule has 5 rings (SSSR count). The summed E-state index contributed by atoms with van der Waals surface area (Å²) in [5.41, 5.74) is 5.08. The van der Waals surface area contributed by atoms with Gasteiger partial charge in [0, 0.05) is 41.4 Å². The molecule has 4 unspecified atom stereocenters. The fourth-order valence-electron chi connectivity index (χ4n) is 5.40. The van der Waals surface area contributed by atoms with Crippen LogP contribution in [0.5, 0.6) is 0 Å². The van der Waals surface area contributed by atoms with Gasteiger partial charge in [0.2, 0.25) is 0 Å². The Balaban J connectivity index is 1.50. The van der Waals surface area contributed by atoms with E-state index in [9.17, 15) is 18.7 Å². The summed E-state index contributed by atoms with van der Waals surface area (Å²) < 4.78 is 32.1. The molecule has 3 aromatic carbocycles. The second-order valence-corrected chi connectivity index (χ2v) is 10.6. The van der Waals surface area contributed by atoms with Crippen LogP contribution in [0.1, 0.15) is 54.5 Å². The number of H-pyrrole nitrogens is 1. The summed E-state index contributed by atoms with van der Waals surface area (Å²) in [5.74, 6) is -0.945. The van der Waals surface area contributed by atoms with E-state index in [2.05, 4.69) is 23.2 Å². The van der Waals surface area contributed by atoms with Crippen LogP contribution in [0.2, 0.25) is 0 Å². The van der Waals surface area contributed by atoms with Gasteiger partial charge in [0.15, 0.2) is 0 Å². The number of carboxylic acids is 1. The average Bonchev–Trinajstić information content (AvgIpc) is 3.67. The van der Waals surface area contributed by atoms with E-state index in [1.807, 2.05) is 36.5 Å². The first-order valence-corrected chi connectivity index (χ1v) is 14.1. The van der Waals surface area contributed by atoms with Crippen molar-refractivity contribution in [3.8, 4) is 11.1 Å². The third-order valence-corrected chi connectivity index (χ3v) is 8.03. The summed E-state index contributed by atoms with van der Waals surface area (Å²) in [7, 11) is 0. The number of aromatic nitrogens is 1. The van der Waals surface area contributed by atoms with Crippen LogP contribution in [0.15, 0.2) is 97.2 Å². The molecule has 0 saturated carbocycles. The van der Waals surface area contributed by atoms with Crippen molar-refractivity contribution in [2.75, 3.05) is 10.9 Å². The van der Waals surface area contributed by atoms with Crippen LogP contribution in [-0.2, 0) is 20.8 Å². The van der Waals surface area contributed by atoms with Gasteiger partial charge in [0.25, 0.3) is 0 Å². The number of aliphatic carboxylic acids is 1.